The predicted molar refractivity (Wildman–Crippen MR) is 98.6 cm³/mol. The van der Waals surface area contributed by atoms with Crippen molar-refractivity contribution in [1.29, 1.82) is 0 Å². The maximum Gasteiger partial charge on any atom is 0.417 e. The van der Waals surface area contributed by atoms with Gasteiger partial charge in [-0.1, -0.05) is 42.5 Å². The molecule has 1 saturated heterocycles. The Morgan fingerprint density at radius 2 is 1.93 bits per heavy atom. The van der Waals surface area contributed by atoms with Crippen LogP contribution < -0.4 is 5.73 Å². The molecule has 142 valence electrons. The number of imide groups is 1. The van der Waals surface area contributed by atoms with Gasteiger partial charge in [-0.25, -0.2) is 18.1 Å². The largest absolute Gasteiger partial charge is 0.446 e. The second-order valence-corrected chi connectivity index (χ2v) is 8.46. The first kappa shape index (κ1) is 19.1. The van der Waals surface area contributed by atoms with Gasteiger partial charge in [0.1, 0.15) is 12.6 Å². The fraction of sp³-hybridized carbons (Fsp3) is 0.263. The molecule has 8 heteroatoms. The van der Waals surface area contributed by atoms with Crippen LogP contribution in [0, 0.1) is 0 Å². The molecule has 0 aromatic heterocycles. The number of hydrogen-bond donors (Lipinski definition) is 1. The Morgan fingerprint density at radius 3 is 2.59 bits per heavy atom. The first-order valence-electron chi connectivity index (χ1n) is 8.36. The van der Waals surface area contributed by atoms with E-state index < -0.39 is 33.9 Å². The highest BCUT2D eigenvalue weighted by molar-refractivity contribution is 7.90. The lowest BCUT2D eigenvalue weighted by molar-refractivity contribution is -0.130. The van der Waals surface area contributed by atoms with Crippen LogP contribution >= 0.6 is 0 Å². The molecular weight excluding hydrogens is 368 g/mol. The van der Waals surface area contributed by atoms with Crippen molar-refractivity contribution in [3.63, 3.8) is 0 Å². The number of cyclic esters (lactones) is 1. The fourth-order valence-corrected chi connectivity index (χ4v) is 3.70. The minimum Gasteiger partial charge on any atom is -0.446 e. The summed E-state index contributed by atoms with van der Waals surface area (Å²) in [7, 11) is -3.36. The van der Waals surface area contributed by atoms with Crippen molar-refractivity contribution in [1.82, 2.24) is 4.90 Å². The van der Waals surface area contributed by atoms with Crippen LogP contribution in [0.5, 0.6) is 0 Å². The number of benzene rings is 2. The molecule has 3 rings (SSSR count). The molecule has 1 heterocycles. The van der Waals surface area contributed by atoms with Gasteiger partial charge in [0, 0.05) is 6.26 Å². The monoisotopic (exact) mass is 388 g/mol. The van der Waals surface area contributed by atoms with Crippen molar-refractivity contribution in [2.24, 2.45) is 5.73 Å². The molecule has 7 nitrogen and oxygen atoms in total. The molecule has 0 saturated carbocycles. The third-order valence-corrected chi connectivity index (χ3v) is 5.50. The second-order valence-electron chi connectivity index (χ2n) is 6.44. The van der Waals surface area contributed by atoms with Crippen molar-refractivity contribution < 1.29 is 22.7 Å². The molecule has 1 aliphatic heterocycles. The molecule has 2 aromatic carbocycles. The SMILES string of the molecule is CS(=O)(=O)c1cccc(C[C@H](N)C(=O)N2C(=O)OCC2c2ccccc2)c1. The van der Waals surface area contributed by atoms with Gasteiger partial charge >= 0.3 is 6.09 Å². The third kappa shape index (κ3) is 4.17. The minimum atomic E-state index is -3.36. The maximum atomic E-state index is 12.8. The van der Waals surface area contributed by atoms with Gasteiger partial charge in [0.25, 0.3) is 0 Å². The van der Waals surface area contributed by atoms with Crippen molar-refractivity contribution in [2.75, 3.05) is 12.9 Å². The van der Waals surface area contributed by atoms with E-state index in [0.717, 1.165) is 16.7 Å². The van der Waals surface area contributed by atoms with Crippen LogP contribution in [0.2, 0.25) is 0 Å². The average molecular weight is 388 g/mol. The molecule has 0 bridgehead atoms. The molecule has 0 aliphatic carbocycles. The predicted octanol–water partition coefficient (Wildman–Crippen LogP) is 1.68. The molecule has 0 spiro atoms. The lowest BCUT2D eigenvalue weighted by Gasteiger charge is -2.23. The Morgan fingerprint density at radius 1 is 1.22 bits per heavy atom. The Balaban J connectivity index is 1.79. The minimum absolute atomic E-state index is 0.0743. The summed E-state index contributed by atoms with van der Waals surface area (Å²) < 4.78 is 28.4. The van der Waals surface area contributed by atoms with E-state index in [1.165, 1.54) is 12.1 Å². The molecule has 1 unspecified atom stereocenters. The van der Waals surface area contributed by atoms with E-state index in [9.17, 15) is 18.0 Å². The van der Waals surface area contributed by atoms with E-state index in [1.807, 2.05) is 30.3 Å². The summed E-state index contributed by atoms with van der Waals surface area (Å²) in [4.78, 5) is 26.1. The first-order chi connectivity index (χ1) is 12.8. The fourth-order valence-electron chi connectivity index (χ4n) is 3.01. The lowest BCUT2D eigenvalue weighted by atomic mass is 10.0. The highest BCUT2D eigenvalue weighted by Crippen LogP contribution is 2.28. The number of ether oxygens (including phenoxy) is 1. The molecule has 2 aromatic rings. The zero-order valence-corrected chi connectivity index (χ0v) is 15.6. The molecule has 0 radical (unpaired) electrons. The molecular formula is C19H20N2O5S. The second kappa shape index (κ2) is 7.50. The van der Waals surface area contributed by atoms with Gasteiger partial charge in [0.05, 0.1) is 10.9 Å². The van der Waals surface area contributed by atoms with Gasteiger partial charge < -0.3 is 10.5 Å². The Kier molecular flexibility index (Phi) is 5.29. The zero-order valence-electron chi connectivity index (χ0n) is 14.7. The summed E-state index contributed by atoms with van der Waals surface area (Å²) in [6, 6.07) is 13.8. The number of nitrogens with two attached hydrogens (primary N) is 1. The van der Waals surface area contributed by atoms with Crippen LogP contribution in [0.25, 0.3) is 0 Å². The quantitative estimate of drug-likeness (QED) is 0.835. The van der Waals surface area contributed by atoms with Crippen molar-refractivity contribution in [3.05, 3.63) is 65.7 Å². The molecule has 2 amide bonds. The van der Waals surface area contributed by atoms with Crippen LogP contribution in [0.1, 0.15) is 17.2 Å². The number of amides is 2. The van der Waals surface area contributed by atoms with E-state index in [1.54, 1.807) is 12.1 Å². The van der Waals surface area contributed by atoms with Crippen molar-refractivity contribution in [2.45, 2.75) is 23.4 Å². The summed E-state index contributed by atoms with van der Waals surface area (Å²) in [5.41, 5.74) is 7.42. The number of nitrogens with zero attached hydrogens (tertiary/aromatic N) is 1. The summed E-state index contributed by atoms with van der Waals surface area (Å²) in [6.07, 6.45) is 0.490. The molecule has 27 heavy (non-hydrogen) atoms. The van der Waals surface area contributed by atoms with E-state index in [4.69, 9.17) is 10.5 Å². The standard InChI is InChI=1S/C19H20N2O5S/c1-27(24,25)15-9-5-6-13(10-15)11-16(20)18(22)21-17(12-26-19(21)23)14-7-3-2-4-8-14/h2-10,16-17H,11-12,20H2,1H3/t16-,17?/m0/s1. The van der Waals surface area contributed by atoms with Gasteiger partial charge in [0.15, 0.2) is 9.84 Å². The normalized spacial score (nSPS) is 18.2. The van der Waals surface area contributed by atoms with Crippen LogP contribution in [-0.4, -0.2) is 44.2 Å². The van der Waals surface area contributed by atoms with E-state index >= 15 is 0 Å². The van der Waals surface area contributed by atoms with Gasteiger partial charge in [0.2, 0.25) is 5.91 Å². The Labute approximate surface area is 157 Å². The van der Waals surface area contributed by atoms with Crippen LogP contribution in [0.4, 0.5) is 4.79 Å². The third-order valence-electron chi connectivity index (χ3n) is 4.39. The molecule has 1 aliphatic rings. The average Bonchev–Trinajstić information content (AvgIpc) is 3.03. The van der Waals surface area contributed by atoms with Crippen LogP contribution in [0.15, 0.2) is 59.5 Å². The van der Waals surface area contributed by atoms with Gasteiger partial charge in [-0.15, -0.1) is 0 Å². The Bertz CT molecular complexity index is 959. The van der Waals surface area contributed by atoms with Crippen LogP contribution in [0.3, 0.4) is 0 Å². The van der Waals surface area contributed by atoms with Gasteiger partial charge in [-0.05, 0) is 29.7 Å². The number of carbonyl (C=O) groups is 2. The number of rotatable bonds is 5. The van der Waals surface area contributed by atoms with Crippen molar-refractivity contribution >= 4 is 21.8 Å². The zero-order chi connectivity index (χ0) is 19.6. The number of sulfone groups is 1. The Hall–Kier alpha value is -2.71. The van der Waals surface area contributed by atoms with Crippen molar-refractivity contribution in [3.8, 4) is 0 Å². The van der Waals surface area contributed by atoms with Gasteiger partial charge in [-0.2, -0.15) is 0 Å². The smallest absolute Gasteiger partial charge is 0.417 e. The first-order valence-corrected chi connectivity index (χ1v) is 10.3. The molecule has 2 atom stereocenters. The summed E-state index contributed by atoms with van der Waals surface area (Å²) in [5, 5.41) is 0. The molecule has 1 fully saturated rings. The van der Waals surface area contributed by atoms with E-state index in [0.29, 0.717) is 5.56 Å². The lowest BCUT2D eigenvalue weighted by Crippen LogP contribution is -2.46. The molecule has 2 N–H and O–H groups in total. The summed E-state index contributed by atoms with van der Waals surface area (Å²) >= 11 is 0. The summed E-state index contributed by atoms with van der Waals surface area (Å²) in [5.74, 6) is -0.559. The highest BCUT2D eigenvalue weighted by Gasteiger charge is 2.40. The maximum absolute atomic E-state index is 12.8. The van der Waals surface area contributed by atoms with Gasteiger partial charge in [-0.3, -0.25) is 4.79 Å². The highest BCUT2D eigenvalue weighted by atomic mass is 32.2. The van der Waals surface area contributed by atoms with E-state index in [-0.39, 0.29) is 17.9 Å². The summed E-state index contributed by atoms with van der Waals surface area (Å²) in [6.45, 7) is 0.0743. The number of carbonyl (C=O) groups excluding carboxylic acids is 2. The number of hydrogen-bond acceptors (Lipinski definition) is 6. The topological polar surface area (TPSA) is 107 Å². The van der Waals surface area contributed by atoms with E-state index in [2.05, 4.69) is 0 Å². The van der Waals surface area contributed by atoms with Crippen LogP contribution in [-0.2, 0) is 25.8 Å².